The monoisotopic (exact) mass is 375 g/mol. The average Bonchev–Trinajstić information content (AvgIpc) is 2.39. The Morgan fingerprint density at radius 2 is 2.17 bits per heavy atom. The third-order valence-corrected chi connectivity index (χ3v) is 3.50. The lowest BCUT2D eigenvalue weighted by Gasteiger charge is -2.10. The molecule has 0 bridgehead atoms. The number of hydrogen-bond acceptors (Lipinski definition) is 4. The predicted octanol–water partition coefficient (Wildman–Crippen LogP) is 3.45. The van der Waals surface area contributed by atoms with Gasteiger partial charge in [0.2, 0.25) is 0 Å². The first-order valence-corrected chi connectivity index (χ1v) is 6.66. The van der Waals surface area contributed by atoms with E-state index in [4.69, 9.17) is 16.3 Å². The molecular weight excluding hydrogens is 365 g/mol. The maximum absolute atomic E-state index is 6.20. The number of aromatic nitrogens is 2. The molecule has 0 saturated carbocycles. The van der Waals surface area contributed by atoms with Crippen molar-refractivity contribution in [3.63, 3.8) is 0 Å². The molecule has 0 fully saturated rings. The summed E-state index contributed by atoms with van der Waals surface area (Å²) >= 11 is 8.37. The van der Waals surface area contributed by atoms with Gasteiger partial charge >= 0.3 is 0 Å². The Kier molecular flexibility index (Phi) is 4.23. The van der Waals surface area contributed by atoms with Gasteiger partial charge in [-0.15, -0.1) is 0 Å². The highest BCUT2D eigenvalue weighted by Crippen LogP contribution is 2.34. The van der Waals surface area contributed by atoms with Gasteiger partial charge in [0, 0.05) is 13.2 Å². The lowest BCUT2D eigenvalue weighted by atomic mass is 10.2. The highest BCUT2D eigenvalue weighted by Gasteiger charge is 2.14. The van der Waals surface area contributed by atoms with Gasteiger partial charge in [0.1, 0.15) is 11.6 Å². The van der Waals surface area contributed by atoms with Gasteiger partial charge < -0.3 is 10.1 Å². The van der Waals surface area contributed by atoms with Crippen molar-refractivity contribution in [1.29, 1.82) is 0 Å². The molecular formula is C12H11ClIN3O. The van der Waals surface area contributed by atoms with E-state index in [2.05, 4.69) is 37.9 Å². The number of halogens is 2. The van der Waals surface area contributed by atoms with Crippen LogP contribution in [0.5, 0.6) is 5.75 Å². The summed E-state index contributed by atoms with van der Waals surface area (Å²) in [5.41, 5.74) is 0.703. The van der Waals surface area contributed by atoms with Crippen LogP contribution in [-0.4, -0.2) is 24.1 Å². The second-order valence-corrected chi connectivity index (χ2v) is 5.03. The summed E-state index contributed by atoms with van der Waals surface area (Å²) in [5, 5.41) is 3.59. The molecule has 6 heteroatoms. The lowest BCUT2D eigenvalue weighted by Crippen LogP contribution is -2.00. The summed E-state index contributed by atoms with van der Waals surface area (Å²) in [6.45, 7) is 0. The largest absolute Gasteiger partial charge is 0.496 e. The molecule has 4 nitrogen and oxygen atoms in total. The number of benzene rings is 1. The maximum Gasteiger partial charge on any atom is 0.166 e. The summed E-state index contributed by atoms with van der Waals surface area (Å²) < 4.78 is 6.25. The Bertz CT molecular complexity index is 577. The van der Waals surface area contributed by atoms with Crippen LogP contribution in [0.2, 0.25) is 5.02 Å². The first-order valence-electron chi connectivity index (χ1n) is 5.20. The summed E-state index contributed by atoms with van der Waals surface area (Å²) in [5.74, 6) is 1.97. The minimum Gasteiger partial charge on any atom is -0.496 e. The van der Waals surface area contributed by atoms with Crippen molar-refractivity contribution in [2.45, 2.75) is 0 Å². The molecule has 0 aliphatic carbocycles. The summed E-state index contributed by atoms with van der Waals surface area (Å²) in [4.78, 5) is 8.74. The summed E-state index contributed by atoms with van der Waals surface area (Å²) in [7, 11) is 3.42. The van der Waals surface area contributed by atoms with Crippen LogP contribution in [0.15, 0.2) is 24.4 Å². The van der Waals surface area contributed by atoms with E-state index in [9.17, 15) is 0 Å². The lowest BCUT2D eigenvalue weighted by molar-refractivity contribution is 0.416. The van der Waals surface area contributed by atoms with Gasteiger partial charge in [0.05, 0.1) is 21.3 Å². The second kappa shape index (κ2) is 5.71. The zero-order chi connectivity index (χ0) is 13.1. The molecule has 0 atom stereocenters. The Hall–Kier alpha value is -1.08. The van der Waals surface area contributed by atoms with Crippen molar-refractivity contribution < 1.29 is 4.74 Å². The molecule has 0 spiro atoms. The van der Waals surface area contributed by atoms with Crippen molar-refractivity contribution >= 4 is 40.0 Å². The van der Waals surface area contributed by atoms with E-state index in [1.165, 1.54) is 0 Å². The van der Waals surface area contributed by atoms with Crippen molar-refractivity contribution in [2.75, 3.05) is 19.5 Å². The quantitative estimate of drug-likeness (QED) is 0.835. The zero-order valence-electron chi connectivity index (χ0n) is 9.87. The van der Waals surface area contributed by atoms with Gasteiger partial charge in [-0.1, -0.05) is 17.7 Å². The van der Waals surface area contributed by atoms with Gasteiger partial charge in [-0.3, -0.25) is 0 Å². The fourth-order valence-electron chi connectivity index (χ4n) is 1.55. The summed E-state index contributed by atoms with van der Waals surface area (Å²) in [6, 6.07) is 5.46. The Morgan fingerprint density at radius 3 is 2.83 bits per heavy atom. The van der Waals surface area contributed by atoms with Gasteiger partial charge in [-0.25, -0.2) is 9.97 Å². The Morgan fingerprint density at radius 1 is 1.39 bits per heavy atom. The van der Waals surface area contributed by atoms with Crippen molar-refractivity contribution in [1.82, 2.24) is 9.97 Å². The first-order chi connectivity index (χ1) is 8.67. The van der Waals surface area contributed by atoms with E-state index in [1.54, 1.807) is 19.4 Å². The van der Waals surface area contributed by atoms with Crippen LogP contribution < -0.4 is 10.1 Å². The maximum atomic E-state index is 6.20. The molecule has 0 aliphatic heterocycles. The number of methoxy groups -OCH3 is 1. The van der Waals surface area contributed by atoms with Gasteiger partial charge in [-0.2, -0.15) is 0 Å². The molecule has 2 aromatic rings. The van der Waals surface area contributed by atoms with Crippen molar-refractivity contribution in [3.8, 4) is 17.1 Å². The average molecular weight is 376 g/mol. The molecule has 1 heterocycles. The molecule has 0 saturated heterocycles. The minimum absolute atomic E-state index is 0.544. The van der Waals surface area contributed by atoms with Crippen molar-refractivity contribution in [2.24, 2.45) is 0 Å². The van der Waals surface area contributed by atoms with E-state index < -0.39 is 0 Å². The normalized spacial score (nSPS) is 10.2. The second-order valence-electron chi connectivity index (χ2n) is 3.46. The molecule has 0 amide bonds. The third-order valence-electron chi connectivity index (χ3n) is 2.40. The van der Waals surface area contributed by atoms with E-state index in [1.807, 2.05) is 19.2 Å². The Balaban J connectivity index is 2.61. The minimum atomic E-state index is 0.544. The van der Waals surface area contributed by atoms with Gasteiger partial charge in [0.15, 0.2) is 5.82 Å². The fraction of sp³-hybridized carbons (Fsp3) is 0.167. The van der Waals surface area contributed by atoms with Crippen LogP contribution in [0.1, 0.15) is 0 Å². The smallest absolute Gasteiger partial charge is 0.166 e. The highest BCUT2D eigenvalue weighted by atomic mass is 127. The number of hydrogen-bond donors (Lipinski definition) is 1. The van der Waals surface area contributed by atoms with E-state index in [0.717, 1.165) is 9.39 Å². The van der Waals surface area contributed by atoms with Crippen LogP contribution in [0.25, 0.3) is 11.4 Å². The van der Waals surface area contributed by atoms with Crippen LogP contribution in [0, 0.1) is 3.57 Å². The molecule has 94 valence electrons. The first kappa shape index (κ1) is 13.4. The summed E-state index contributed by atoms with van der Waals surface area (Å²) in [6.07, 6.45) is 1.75. The van der Waals surface area contributed by atoms with E-state index in [-0.39, 0.29) is 0 Å². The third kappa shape index (κ3) is 2.51. The molecule has 2 rings (SSSR count). The standard InChI is InChI=1S/C12H11ClIN3O/c1-15-11-8(14)6-16-12(17-11)10-7(13)4-3-5-9(10)18-2/h3-6H,1-2H3,(H,15,16,17). The fourth-order valence-corrected chi connectivity index (χ4v) is 2.33. The number of nitrogens with zero attached hydrogens (tertiary/aromatic N) is 2. The zero-order valence-corrected chi connectivity index (χ0v) is 12.8. The molecule has 1 N–H and O–H groups in total. The van der Waals surface area contributed by atoms with Gasteiger partial charge in [-0.05, 0) is 34.7 Å². The van der Waals surface area contributed by atoms with E-state index in [0.29, 0.717) is 22.2 Å². The number of rotatable bonds is 3. The topological polar surface area (TPSA) is 47.0 Å². The molecule has 0 unspecified atom stereocenters. The highest BCUT2D eigenvalue weighted by molar-refractivity contribution is 14.1. The van der Waals surface area contributed by atoms with Crippen LogP contribution in [-0.2, 0) is 0 Å². The SMILES string of the molecule is CNc1nc(-c2c(Cl)cccc2OC)ncc1I. The number of ether oxygens (including phenoxy) is 1. The van der Waals surface area contributed by atoms with Crippen LogP contribution >= 0.6 is 34.2 Å². The molecule has 1 aromatic carbocycles. The van der Waals surface area contributed by atoms with Crippen molar-refractivity contribution in [3.05, 3.63) is 33.0 Å². The Labute approximate surface area is 124 Å². The van der Waals surface area contributed by atoms with Gasteiger partial charge in [0.25, 0.3) is 0 Å². The molecule has 0 radical (unpaired) electrons. The number of nitrogens with one attached hydrogen (secondary N) is 1. The number of anilines is 1. The van der Waals surface area contributed by atoms with Crippen LogP contribution in [0.4, 0.5) is 5.82 Å². The van der Waals surface area contributed by atoms with E-state index >= 15 is 0 Å². The molecule has 0 aliphatic rings. The predicted molar refractivity (Wildman–Crippen MR) is 81.3 cm³/mol. The van der Waals surface area contributed by atoms with Crippen LogP contribution in [0.3, 0.4) is 0 Å². The molecule has 18 heavy (non-hydrogen) atoms. The molecule has 1 aromatic heterocycles.